The maximum Gasteiger partial charge on any atom is 0.239 e. The normalized spacial score (nSPS) is 9.94. The Morgan fingerprint density at radius 2 is 2.22 bits per heavy atom. The van der Waals surface area contributed by atoms with Gasteiger partial charge >= 0.3 is 0 Å². The van der Waals surface area contributed by atoms with E-state index >= 15 is 0 Å². The second-order valence-corrected chi connectivity index (χ2v) is 4.77. The van der Waals surface area contributed by atoms with Gasteiger partial charge in [0, 0.05) is 6.54 Å². The van der Waals surface area contributed by atoms with Gasteiger partial charge in [-0.25, -0.2) is 0 Å². The molecule has 0 saturated heterocycles. The Labute approximate surface area is 112 Å². The van der Waals surface area contributed by atoms with Gasteiger partial charge in [0.15, 0.2) is 0 Å². The number of nitrogens with one attached hydrogen (secondary N) is 2. The molecule has 96 valence electrons. The van der Waals surface area contributed by atoms with Gasteiger partial charge in [-0.2, -0.15) is 5.26 Å². The highest BCUT2D eigenvalue weighted by Gasteiger charge is 2.05. The molecule has 0 spiro atoms. The van der Waals surface area contributed by atoms with E-state index in [1.165, 1.54) is 0 Å². The number of anilines is 1. The van der Waals surface area contributed by atoms with Crippen LogP contribution in [0.5, 0.6) is 0 Å². The zero-order valence-electron chi connectivity index (χ0n) is 10.5. The summed E-state index contributed by atoms with van der Waals surface area (Å²) in [5.74, 6) is 0.321. The van der Waals surface area contributed by atoms with E-state index in [1.807, 2.05) is 19.9 Å². The smallest absolute Gasteiger partial charge is 0.239 e. The lowest BCUT2D eigenvalue weighted by Crippen LogP contribution is -2.32. The molecule has 1 amide bonds. The fraction of sp³-hybridized carbons (Fsp3) is 0.385. The first-order valence-corrected chi connectivity index (χ1v) is 6.11. The zero-order valence-corrected chi connectivity index (χ0v) is 11.2. The molecule has 0 fully saturated rings. The molecule has 1 rings (SSSR count). The SMILES string of the molecule is CC(C)CNC(=O)CNc1cc(C#N)ccc1Cl. The van der Waals surface area contributed by atoms with Crippen molar-refractivity contribution < 1.29 is 4.79 Å². The van der Waals surface area contributed by atoms with Crippen molar-refractivity contribution in [3.8, 4) is 6.07 Å². The van der Waals surface area contributed by atoms with E-state index in [0.717, 1.165) is 0 Å². The molecule has 0 bridgehead atoms. The predicted octanol–water partition coefficient (Wildman–Crippen LogP) is 2.40. The lowest BCUT2D eigenvalue weighted by atomic mass is 10.2. The van der Waals surface area contributed by atoms with Crippen LogP contribution in [0.1, 0.15) is 19.4 Å². The van der Waals surface area contributed by atoms with Crippen molar-refractivity contribution >= 4 is 23.2 Å². The van der Waals surface area contributed by atoms with E-state index in [0.29, 0.717) is 28.7 Å². The first-order chi connectivity index (χ1) is 8.52. The summed E-state index contributed by atoms with van der Waals surface area (Å²) in [5, 5.41) is 15.0. The number of halogens is 1. The summed E-state index contributed by atoms with van der Waals surface area (Å²) in [6.07, 6.45) is 0. The number of carbonyl (C=O) groups is 1. The van der Waals surface area contributed by atoms with E-state index in [9.17, 15) is 4.79 Å². The van der Waals surface area contributed by atoms with E-state index in [1.54, 1.807) is 18.2 Å². The average Bonchev–Trinajstić information content (AvgIpc) is 2.35. The Balaban J connectivity index is 2.53. The molecule has 2 N–H and O–H groups in total. The third-order valence-electron chi connectivity index (χ3n) is 2.24. The molecule has 5 heteroatoms. The highest BCUT2D eigenvalue weighted by atomic mass is 35.5. The number of nitriles is 1. The van der Waals surface area contributed by atoms with Gasteiger partial charge in [-0.3, -0.25) is 4.79 Å². The second kappa shape index (κ2) is 6.87. The van der Waals surface area contributed by atoms with Crippen LogP contribution in [0.3, 0.4) is 0 Å². The molecule has 18 heavy (non-hydrogen) atoms. The molecule has 0 aromatic heterocycles. The van der Waals surface area contributed by atoms with E-state index in [4.69, 9.17) is 16.9 Å². The van der Waals surface area contributed by atoms with Gasteiger partial charge in [-0.1, -0.05) is 25.4 Å². The predicted molar refractivity (Wildman–Crippen MR) is 72.5 cm³/mol. The van der Waals surface area contributed by atoms with Crippen molar-refractivity contribution in [2.24, 2.45) is 5.92 Å². The molecule has 4 nitrogen and oxygen atoms in total. The summed E-state index contributed by atoms with van der Waals surface area (Å²) >= 11 is 5.96. The molecule has 0 aliphatic heterocycles. The summed E-state index contributed by atoms with van der Waals surface area (Å²) in [5.41, 5.74) is 1.10. The number of carbonyl (C=O) groups excluding carboxylic acids is 1. The minimum absolute atomic E-state index is 0.0953. The fourth-order valence-corrected chi connectivity index (χ4v) is 1.47. The maximum atomic E-state index is 11.5. The van der Waals surface area contributed by atoms with Gasteiger partial charge in [0.1, 0.15) is 0 Å². The van der Waals surface area contributed by atoms with Crippen LogP contribution in [0.15, 0.2) is 18.2 Å². The number of hydrogen-bond donors (Lipinski definition) is 2. The molecule has 0 saturated carbocycles. The summed E-state index contributed by atoms with van der Waals surface area (Å²) < 4.78 is 0. The van der Waals surface area contributed by atoms with E-state index in [2.05, 4.69) is 10.6 Å². The Kier molecular flexibility index (Phi) is 5.47. The monoisotopic (exact) mass is 265 g/mol. The third kappa shape index (κ3) is 4.64. The quantitative estimate of drug-likeness (QED) is 0.859. The number of rotatable bonds is 5. The number of amides is 1. The molecule has 0 aliphatic rings. The Bertz CT molecular complexity index is 466. The van der Waals surface area contributed by atoms with Crippen LogP contribution in [-0.2, 0) is 4.79 Å². The van der Waals surface area contributed by atoms with Gasteiger partial charge in [0.25, 0.3) is 0 Å². The Morgan fingerprint density at radius 1 is 1.50 bits per heavy atom. The molecule has 0 atom stereocenters. The number of nitrogens with zero attached hydrogens (tertiary/aromatic N) is 1. The summed E-state index contributed by atoms with van der Waals surface area (Å²) in [4.78, 5) is 11.5. The van der Waals surface area contributed by atoms with Gasteiger partial charge < -0.3 is 10.6 Å². The highest BCUT2D eigenvalue weighted by Crippen LogP contribution is 2.22. The molecule has 0 unspecified atom stereocenters. The van der Waals surface area contributed by atoms with Crippen molar-refractivity contribution in [3.05, 3.63) is 28.8 Å². The molecule has 0 aliphatic carbocycles. The van der Waals surface area contributed by atoms with Crippen LogP contribution >= 0.6 is 11.6 Å². The third-order valence-corrected chi connectivity index (χ3v) is 2.57. The summed E-state index contributed by atoms with van der Waals surface area (Å²) in [7, 11) is 0. The maximum absolute atomic E-state index is 11.5. The summed E-state index contributed by atoms with van der Waals surface area (Å²) in [6, 6.07) is 6.91. The standard InChI is InChI=1S/C13H16ClN3O/c1-9(2)7-17-13(18)8-16-12-5-10(6-15)3-4-11(12)14/h3-5,9,16H,7-8H2,1-2H3,(H,17,18). The summed E-state index contributed by atoms with van der Waals surface area (Å²) in [6.45, 7) is 4.84. The van der Waals surface area contributed by atoms with Crippen molar-refractivity contribution in [3.63, 3.8) is 0 Å². The zero-order chi connectivity index (χ0) is 13.5. The van der Waals surface area contributed by atoms with E-state index in [-0.39, 0.29) is 12.5 Å². The first-order valence-electron chi connectivity index (χ1n) is 5.73. The number of hydrogen-bond acceptors (Lipinski definition) is 3. The Morgan fingerprint density at radius 3 is 2.83 bits per heavy atom. The van der Waals surface area contributed by atoms with Crippen LogP contribution in [0.2, 0.25) is 5.02 Å². The topological polar surface area (TPSA) is 64.9 Å². The van der Waals surface area contributed by atoms with Crippen LogP contribution in [-0.4, -0.2) is 19.0 Å². The van der Waals surface area contributed by atoms with Crippen molar-refractivity contribution in [2.45, 2.75) is 13.8 Å². The van der Waals surface area contributed by atoms with Crippen LogP contribution in [0, 0.1) is 17.2 Å². The van der Waals surface area contributed by atoms with Crippen molar-refractivity contribution in [1.82, 2.24) is 5.32 Å². The van der Waals surface area contributed by atoms with Crippen LogP contribution in [0.4, 0.5) is 5.69 Å². The van der Waals surface area contributed by atoms with Gasteiger partial charge in [-0.15, -0.1) is 0 Å². The fourth-order valence-electron chi connectivity index (χ4n) is 1.29. The Hall–Kier alpha value is -1.73. The van der Waals surface area contributed by atoms with Gasteiger partial charge in [-0.05, 0) is 24.1 Å². The highest BCUT2D eigenvalue weighted by molar-refractivity contribution is 6.33. The van der Waals surface area contributed by atoms with Gasteiger partial charge in [0.2, 0.25) is 5.91 Å². The van der Waals surface area contributed by atoms with Crippen molar-refractivity contribution in [1.29, 1.82) is 5.26 Å². The largest absolute Gasteiger partial charge is 0.375 e. The molecular weight excluding hydrogens is 250 g/mol. The second-order valence-electron chi connectivity index (χ2n) is 4.36. The molecule has 0 radical (unpaired) electrons. The number of benzene rings is 1. The molecule has 0 heterocycles. The van der Waals surface area contributed by atoms with Crippen LogP contribution in [0.25, 0.3) is 0 Å². The minimum atomic E-state index is -0.0953. The van der Waals surface area contributed by atoms with Crippen molar-refractivity contribution in [2.75, 3.05) is 18.4 Å². The lowest BCUT2D eigenvalue weighted by molar-refractivity contribution is -0.119. The average molecular weight is 266 g/mol. The van der Waals surface area contributed by atoms with Crippen LogP contribution < -0.4 is 10.6 Å². The minimum Gasteiger partial charge on any atom is -0.375 e. The van der Waals surface area contributed by atoms with E-state index < -0.39 is 0 Å². The lowest BCUT2D eigenvalue weighted by Gasteiger charge is -2.10. The molecule has 1 aromatic carbocycles. The molecule has 1 aromatic rings. The molecular formula is C13H16ClN3O. The first kappa shape index (κ1) is 14.3. The van der Waals surface area contributed by atoms with Gasteiger partial charge in [0.05, 0.1) is 28.9 Å².